The molecular weight excluding hydrogens is 274 g/mol. The summed E-state index contributed by atoms with van der Waals surface area (Å²) in [5, 5.41) is 13.4. The molecule has 3 rings (SSSR count). The van der Waals surface area contributed by atoms with E-state index in [1.807, 2.05) is 24.3 Å². The van der Waals surface area contributed by atoms with Crippen LogP contribution in [0.25, 0.3) is 0 Å². The number of amides is 1. The molecule has 104 valence electrons. The minimum atomic E-state index is -0.0572. The standard InChI is InChI=1S/C13H15N5OS/c19-12(11-2-1-7-14-11)17-9-3-5-10(6-4-9)20-13-15-8-16-18-13/h3-6,8,11,14H,1-2,7H2,(H,17,19)(H,15,16,18). The fraction of sp³-hybridized carbons (Fsp3) is 0.308. The molecule has 0 saturated carbocycles. The van der Waals surface area contributed by atoms with Crippen LogP contribution in [0.1, 0.15) is 12.8 Å². The van der Waals surface area contributed by atoms with Gasteiger partial charge in [-0.05, 0) is 43.7 Å². The van der Waals surface area contributed by atoms with Gasteiger partial charge in [-0.2, -0.15) is 5.10 Å². The number of nitrogens with zero attached hydrogens (tertiary/aromatic N) is 2. The summed E-state index contributed by atoms with van der Waals surface area (Å²) >= 11 is 1.49. The van der Waals surface area contributed by atoms with E-state index < -0.39 is 0 Å². The van der Waals surface area contributed by atoms with Crippen LogP contribution in [0.15, 0.2) is 40.6 Å². The lowest BCUT2D eigenvalue weighted by Gasteiger charge is -2.11. The maximum atomic E-state index is 12.0. The molecule has 0 bridgehead atoms. The smallest absolute Gasteiger partial charge is 0.241 e. The van der Waals surface area contributed by atoms with E-state index in [0.29, 0.717) is 0 Å². The van der Waals surface area contributed by atoms with Crippen molar-refractivity contribution >= 4 is 23.4 Å². The Morgan fingerprint density at radius 2 is 2.20 bits per heavy atom. The van der Waals surface area contributed by atoms with E-state index in [1.165, 1.54) is 18.1 Å². The normalized spacial score (nSPS) is 18.1. The molecule has 1 atom stereocenters. The van der Waals surface area contributed by atoms with Gasteiger partial charge in [0.2, 0.25) is 5.91 Å². The van der Waals surface area contributed by atoms with Gasteiger partial charge in [-0.1, -0.05) is 11.8 Å². The van der Waals surface area contributed by atoms with E-state index in [0.717, 1.165) is 35.1 Å². The maximum absolute atomic E-state index is 12.0. The van der Waals surface area contributed by atoms with Crippen LogP contribution >= 0.6 is 11.8 Å². The molecule has 1 aromatic heterocycles. The van der Waals surface area contributed by atoms with Crippen molar-refractivity contribution in [2.24, 2.45) is 0 Å². The molecule has 6 nitrogen and oxygen atoms in total. The Hall–Kier alpha value is -1.86. The second kappa shape index (κ2) is 6.06. The van der Waals surface area contributed by atoms with Crippen molar-refractivity contribution in [2.45, 2.75) is 28.9 Å². The maximum Gasteiger partial charge on any atom is 0.241 e. The highest BCUT2D eigenvalue weighted by atomic mass is 32.2. The van der Waals surface area contributed by atoms with Gasteiger partial charge in [0.05, 0.1) is 6.04 Å². The van der Waals surface area contributed by atoms with Gasteiger partial charge in [-0.25, -0.2) is 4.98 Å². The van der Waals surface area contributed by atoms with Crippen molar-refractivity contribution < 1.29 is 4.79 Å². The summed E-state index contributed by atoms with van der Waals surface area (Å²) in [5.74, 6) is 0.0399. The van der Waals surface area contributed by atoms with Crippen LogP contribution in [0.2, 0.25) is 0 Å². The first-order chi connectivity index (χ1) is 9.81. The third kappa shape index (κ3) is 3.17. The van der Waals surface area contributed by atoms with Crippen LogP contribution < -0.4 is 10.6 Å². The van der Waals surface area contributed by atoms with E-state index in [-0.39, 0.29) is 11.9 Å². The number of anilines is 1. The summed E-state index contributed by atoms with van der Waals surface area (Å²) in [6.45, 7) is 0.921. The molecule has 2 aromatic rings. The molecule has 0 aliphatic carbocycles. The highest BCUT2D eigenvalue weighted by Gasteiger charge is 2.21. The number of aromatic nitrogens is 3. The summed E-state index contributed by atoms with van der Waals surface area (Å²) < 4.78 is 0. The minimum Gasteiger partial charge on any atom is -0.325 e. The zero-order chi connectivity index (χ0) is 13.8. The van der Waals surface area contributed by atoms with Crippen molar-refractivity contribution in [1.29, 1.82) is 0 Å². The predicted octanol–water partition coefficient (Wildman–Crippen LogP) is 1.65. The molecule has 1 aliphatic heterocycles. The number of hydrogen-bond acceptors (Lipinski definition) is 5. The first-order valence-electron chi connectivity index (χ1n) is 6.49. The molecule has 1 amide bonds. The summed E-state index contributed by atoms with van der Waals surface area (Å²) in [5.41, 5.74) is 0.811. The van der Waals surface area contributed by atoms with Crippen LogP contribution in [-0.2, 0) is 4.79 Å². The second-order valence-corrected chi connectivity index (χ2v) is 5.62. The molecule has 0 radical (unpaired) electrons. The minimum absolute atomic E-state index is 0.0399. The quantitative estimate of drug-likeness (QED) is 0.797. The van der Waals surface area contributed by atoms with Crippen LogP contribution in [0, 0.1) is 0 Å². The van der Waals surface area contributed by atoms with Gasteiger partial charge in [0.1, 0.15) is 6.33 Å². The molecule has 3 N–H and O–H groups in total. The average molecular weight is 289 g/mol. The Labute approximate surface area is 120 Å². The van der Waals surface area contributed by atoms with Crippen molar-refractivity contribution in [2.75, 3.05) is 11.9 Å². The zero-order valence-corrected chi connectivity index (χ0v) is 11.6. The number of benzene rings is 1. The van der Waals surface area contributed by atoms with Gasteiger partial charge in [0.25, 0.3) is 0 Å². The lowest BCUT2D eigenvalue weighted by molar-refractivity contribution is -0.117. The van der Waals surface area contributed by atoms with Gasteiger partial charge < -0.3 is 10.6 Å². The van der Waals surface area contributed by atoms with Gasteiger partial charge in [0.15, 0.2) is 5.16 Å². The molecule has 1 aliphatic rings. The van der Waals surface area contributed by atoms with Crippen LogP contribution in [-0.4, -0.2) is 33.7 Å². The summed E-state index contributed by atoms with van der Waals surface area (Å²) in [7, 11) is 0. The fourth-order valence-electron chi connectivity index (χ4n) is 2.10. The molecule has 0 spiro atoms. The number of H-pyrrole nitrogens is 1. The van der Waals surface area contributed by atoms with Gasteiger partial charge in [-0.3, -0.25) is 9.89 Å². The van der Waals surface area contributed by atoms with Crippen molar-refractivity contribution in [3.63, 3.8) is 0 Å². The monoisotopic (exact) mass is 289 g/mol. The number of rotatable bonds is 4. The summed E-state index contributed by atoms with van der Waals surface area (Å²) in [6.07, 6.45) is 3.45. The molecule has 7 heteroatoms. The molecule has 1 unspecified atom stereocenters. The van der Waals surface area contributed by atoms with Crippen molar-refractivity contribution in [1.82, 2.24) is 20.5 Å². The highest BCUT2D eigenvalue weighted by molar-refractivity contribution is 7.99. The number of nitrogens with one attached hydrogen (secondary N) is 3. The van der Waals surface area contributed by atoms with Crippen LogP contribution in [0.4, 0.5) is 5.69 Å². The van der Waals surface area contributed by atoms with Gasteiger partial charge in [0, 0.05) is 10.6 Å². The Morgan fingerprint density at radius 3 is 2.85 bits per heavy atom. The number of hydrogen-bond donors (Lipinski definition) is 3. The van der Waals surface area contributed by atoms with Gasteiger partial charge in [-0.15, -0.1) is 0 Å². The fourth-order valence-corrected chi connectivity index (χ4v) is 2.79. The Kier molecular flexibility index (Phi) is 3.98. The summed E-state index contributed by atoms with van der Waals surface area (Å²) in [4.78, 5) is 17.0. The molecule has 20 heavy (non-hydrogen) atoms. The van der Waals surface area contributed by atoms with Crippen LogP contribution in [0.5, 0.6) is 0 Å². The van der Waals surface area contributed by atoms with Gasteiger partial charge >= 0.3 is 0 Å². The Balaban J connectivity index is 1.59. The first kappa shape index (κ1) is 13.1. The molecular formula is C13H15N5OS. The van der Waals surface area contributed by atoms with Crippen molar-refractivity contribution in [3.8, 4) is 0 Å². The molecule has 1 aromatic carbocycles. The third-order valence-electron chi connectivity index (χ3n) is 3.11. The zero-order valence-electron chi connectivity index (χ0n) is 10.8. The van der Waals surface area contributed by atoms with E-state index in [2.05, 4.69) is 25.8 Å². The third-order valence-corrected chi connectivity index (χ3v) is 4.00. The van der Waals surface area contributed by atoms with E-state index >= 15 is 0 Å². The Morgan fingerprint density at radius 1 is 1.35 bits per heavy atom. The predicted molar refractivity (Wildman–Crippen MR) is 76.6 cm³/mol. The van der Waals surface area contributed by atoms with E-state index in [9.17, 15) is 4.79 Å². The summed E-state index contributed by atoms with van der Waals surface area (Å²) in [6, 6.07) is 7.63. The van der Waals surface area contributed by atoms with E-state index in [1.54, 1.807) is 0 Å². The van der Waals surface area contributed by atoms with Crippen molar-refractivity contribution in [3.05, 3.63) is 30.6 Å². The molecule has 2 heterocycles. The number of aromatic amines is 1. The number of carbonyl (C=O) groups excluding carboxylic acids is 1. The van der Waals surface area contributed by atoms with E-state index in [4.69, 9.17) is 0 Å². The Bertz CT molecular complexity index is 563. The largest absolute Gasteiger partial charge is 0.325 e. The van der Waals surface area contributed by atoms with Crippen LogP contribution in [0.3, 0.4) is 0 Å². The molecule has 1 saturated heterocycles. The lowest BCUT2D eigenvalue weighted by Crippen LogP contribution is -2.35. The average Bonchev–Trinajstić information content (AvgIpc) is 3.13. The second-order valence-electron chi connectivity index (χ2n) is 4.56. The first-order valence-corrected chi connectivity index (χ1v) is 7.30. The highest BCUT2D eigenvalue weighted by Crippen LogP contribution is 2.25. The SMILES string of the molecule is O=C(Nc1ccc(Sc2ncn[nH]2)cc1)C1CCCN1. The lowest BCUT2D eigenvalue weighted by atomic mass is 10.2. The topological polar surface area (TPSA) is 82.7 Å². The number of carbonyl (C=O) groups is 1. The molecule has 1 fully saturated rings.